The number of hydrogen-bond donors (Lipinski definition) is 1. The number of rotatable bonds is 5. The molecule has 7 heteroatoms. The first kappa shape index (κ1) is 18.7. The highest BCUT2D eigenvalue weighted by Crippen LogP contribution is 2.13. The Labute approximate surface area is 157 Å². The molecule has 1 N–H and O–H groups in total. The maximum atomic E-state index is 12.8. The van der Waals surface area contributed by atoms with Gasteiger partial charge < -0.3 is 19.5 Å². The minimum absolute atomic E-state index is 0.134. The summed E-state index contributed by atoms with van der Waals surface area (Å²) < 4.78 is 5.15. The van der Waals surface area contributed by atoms with Crippen LogP contribution in [0, 0.1) is 0 Å². The van der Waals surface area contributed by atoms with Gasteiger partial charge in [0, 0.05) is 43.9 Å². The lowest BCUT2D eigenvalue weighted by molar-refractivity contribution is 0.0518. The van der Waals surface area contributed by atoms with E-state index in [4.69, 9.17) is 4.42 Å². The molecule has 1 aromatic carbocycles. The summed E-state index contributed by atoms with van der Waals surface area (Å²) in [6, 6.07) is 10.0. The van der Waals surface area contributed by atoms with Gasteiger partial charge in [0.25, 0.3) is 17.7 Å². The fourth-order valence-electron chi connectivity index (χ4n) is 2.99. The van der Waals surface area contributed by atoms with E-state index in [-0.39, 0.29) is 17.7 Å². The Hall–Kier alpha value is -3.09. The maximum Gasteiger partial charge on any atom is 0.289 e. The molecule has 0 atom stereocenters. The number of benzene rings is 1. The molecule has 1 aromatic heterocycles. The molecule has 1 aliphatic rings. The zero-order valence-corrected chi connectivity index (χ0v) is 15.3. The van der Waals surface area contributed by atoms with Crippen LogP contribution in [0.5, 0.6) is 0 Å². The van der Waals surface area contributed by atoms with Crippen molar-refractivity contribution in [3.63, 3.8) is 0 Å². The average molecular weight is 369 g/mol. The molecule has 3 rings (SSSR count). The van der Waals surface area contributed by atoms with Crippen molar-refractivity contribution < 1.29 is 18.8 Å². The normalized spacial score (nSPS) is 14.1. The minimum atomic E-state index is -0.180. The van der Waals surface area contributed by atoms with Crippen molar-refractivity contribution >= 4 is 17.7 Å². The average Bonchev–Trinajstić information content (AvgIpc) is 3.26. The van der Waals surface area contributed by atoms with Crippen LogP contribution >= 0.6 is 0 Å². The summed E-state index contributed by atoms with van der Waals surface area (Å²) in [5.74, 6) is -0.173. The molecule has 7 nitrogen and oxygen atoms in total. The van der Waals surface area contributed by atoms with Crippen LogP contribution in [0.1, 0.15) is 44.6 Å². The predicted molar refractivity (Wildman–Crippen MR) is 99.6 cm³/mol. The van der Waals surface area contributed by atoms with Gasteiger partial charge in [0.15, 0.2) is 5.76 Å². The second kappa shape index (κ2) is 8.53. The lowest BCUT2D eigenvalue weighted by atomic mass is 10.1. The zero-order valence-electron chi connectivity index (χ0n) is 15.3. The van der Waals surface area contributed by atoms with Gasteiger partial charge in [0.1, 0.15) is 0 Å². The molecule has 142 valence electrons. The highest BCUT2D eigenvalue weighted by Gasteiger charge is 2.26. The van der Waals surface area contributed by atoms with Gasteiger partial charge in [-0.2, -0.15) is 0 Å². The van der Waals surface area contributed by atoms with E-state index in [9.17, 15) is 14.4 Å². The molecule has 0 aliphatic carbocycles. The third-order valence-electron chi connectivity index (χ3n) is 4.49. The largest absolute Gasteiger partial charge is 0.459 e. The first-order chi connectivity index (χ1) is 13.1. The summed E-state index contributed by atoms with van der Waals surface area (Å²) in [6.07, 6.45) is 2.32. The Morgan fingerprint density at radius 1 is 0.963 bits per heavy atom. The molecule has 0 radical (unpaired) electrons. The van der Waals surface area contributed by atoms with Crippen LogP contribution in [0.2, 0.25) is 0 Å². The molecule has 0 spiro atoms. The second-order valence-corrected chi connectivity index (χ2v) is 6.40. The standard InChI is InChI=1S/C20H23N3O4/c1-2-8-21-18(24)15-5-3-6-16(14-15)19(25)22-9-11-23(12-10-22)20(26)17-7-4-13-27-17/h3-7,13-14H,2,8-12H2,1H3,(H,21,24). The maximum absolute atomic E-state index is 12.8. The van der Waals surface area contributed by atoms with Gasteiger partial charge in [-0.05, 0) is 36.8 Å². The van der Waals surface area contributed by atoms with Crippen LogP contribution in [0.4, 0.5) is 0 Å². The highest BCUT2D eigenvalue weighted by atomic mass is 16.3. The van der Waals surface area contributed by atoms with Gasteiger partial charge in [0.2, 0.25) is 0 Å². The molecular formula is C20H23N3O4. The van der Waals surface area contributed by atoms with Crippen LogP contribution in [0.3, 0.4) is 0 Å². The Kier molecular flexibility index (Phi) is 5.90. The van der Waals surface area contributed by atoms with Crippen molar-refractivity contribution in [3.8, 4) is 0 Å². The molecule has 2 aromatic rings. The Morgan fingerprint density at radius 2 is 1.63 bits per heavy atom. The fourth-order valence-corrected chi connectivity index (χ4v) is 2.99. The zero-order chi connectivity index (χ0) is 19.2. The fraction of sp³-hybridized carbons (Fsp3) is 0.350. The van der Waals surface area contributed by atoms with Crippen molar-refractivity contribution in [1.29, 1.82) is 0 Å². The molecule has 1 fully saturated rings. The van der Waals surface area contributed by atoms with Gasteiger partial charge in [-0.3, -0.25) is 14.4 Å². The van der Waals surface area contributed by atoms with Crippen molar-refractivity contribution in [2.75, 3.05) is 32.7 Å². The van der Waals surface area contributed by atoms with E-state index >= 15 is 0 Å². The third-order valence-corrected chi connectivity index (χ3v) is 4.49. The topological polar surface area (TPSA) is 82.9 Å². The highest BCUT2D eigenvalue weighted by molar-refractivity contribution is 5.99. The number of nitrogens with one attached hydrogen (secondary N) is 1. The molecule has 0 bridgehead atoms. The number of furan rings is 1. The van der Waals surface area contributed by atoms with E-state index in [2.05, 4.69) is 5.32 Å². The summed E-state index contributed by atoms with van der Waals surface area (Å²) >= 11 is 0. The van der Waals surface area contributed by atoms with Crippen molar-refractivity contribution in [1.82, 2.24) is 15.1 Å². The van der Waals surface area contributed by atoms with E-state index in [1.165, 1.54) is 6.26 Å². The van der Waals surface area contributed by atoms with E-state index in [0.717, 1.165) is 6.42 Å². The van der Waals surface area contributed by atoms with Gasteiger partial charge in [-0.1, -0.05) is 13.0 Å². The van der Waals surface area contributed by atoms with E-state index < -0.39 is 0 Å². The molecule has 0 unspecified atom stereocenters. The first-order valence-electron chi connectivity index (χ1n) is 9.10. The van der Waals surface area contributed by atoms with Crippen LogP contribution in [-0.2, 0) is 0 Å². The van der Waals surface area contributed by atoms with Gasteiger partial charge in [-0.25, -0.2) is 0 Å². The molecule has 3 amide bonds. The Bertz CT molecular complexity index is 808. The summed E-state index contributed by atoms with van der Waals surface area (Å²) in [6.45, 7) is 4.36. The molecule has 1 saturated heterocycles. The van der Waals surface area contributed by atoms with Crippen LogP contribution in [0.15, 0.2) is 47.1 Å². The van der Waals surface area contributed by atoms with E-state index in [0.29, 0.717) is 49.6 Å². The minimum Gasteiger partial charge on any atom is -0.459 e. The number of carbonyl (C=O) groups excluding carboxylic acids is 3. The molecule has 2 heterocycles. The first-order valence-corrected chi connectivity index (χ1v) is 9.10. The SMILES string of the molecule is CCCNC(=O)c1cccc(C(=O)N2CCN(C(=O)c3ccco3)CC2)c1. The predicted octanol–water partition coefficient (Wildman–Crippen LogP) is 2.02. The summed E-state index contributed by atoms with van der Waals surface area (Å²) in [4.78, 5) is 40.5. The monoisotopic (exact) mass is 369 g/mol. The summed E-state index contributed by atoms with van der Waals surface area (Å²) in [5, 5.41) is 2.81. The van der Waals surface area contributed by atoms with Crippen molar-refractivity contribution in [3.05, 3.63) is 59.5 Å². The number of carbonyl (C=O) groups is 3. The quantitative estimate of drug-likeness (QED) is 0.874. The smallest absolute Gasteiger partial charge is 0.289 e. The second-order valence-electron chi connectivity index (χ2n) is 6.40. The molecule has 1 aliphatic heterocycles. The van der Waals surface area contributed by atoms with Crippen LogP contribution in [0.25, 0.3) is 0 Å². The number of nitrogens with zero attached hydrogens (tertiary/aromatic N) is 2. The van der Waals surface area contributed by atoms with Crippen LogP contribution < -0.4 is 5.32 Å². The number of amides is 3. The Balaban J connectivity index is 1.61. The van der Waals surface area contributed by atoms with Crippen molar-refractivity contribution in [2.24, 2.45) is 0 Å². The van der Waals surface area contributed by atoms with Gasteiger partial charge in [0.05, 0.1) is 6.26 Å². The third kappa shape index (κ3) is 4.36. The van der Waals surface area contributed by atoms with E-state index in [1.807, 2.05) is 6.92 Å². The Morgan fingerprint density at radius 3 is 2.26 bits per heavy atom. The van der Waals surface area contributed by atoms with Crippen molar-refractivity contribution in [2.45, 2.75) is 13.3 Å². The molecule has 0 saturated carbocycles. The summed E-state index contributed by atoms with van der Waals surface area (Å²) in [7, 11) is 0. The lowest BCUT2D eigenvalue weighted by Crippen LogP contribution is -2.50. The number of piperazine rings is 1. The molecular weight excluding hydrogens is 346 g/mol. The van der Waals surface area contributed by atoms with Gasteiger partial charge >= 0.3 is 0 Å². The lowest BCUT2D eigenvalue weighted by Gasteiger charge is -2.34. The van der Waals surface area contributed by atoms with Crippen LogP contribution in [-0.4, -0.2) is 60.2 Å². The number of hydrogen-bond acceptors (Lipinski definition) is 4. The van der Waals surface area contributed by atoms with Gasteiger partial charge in [-0.15, -0.1) is 0 Å². The molecule has 27 heavy (non-hydrogen) atoms. The van der Waals surface area contributed by atoms with E-state index in [1.54, 1.807) is 46.2 Å². The summed E-state index contributed by atoms with van der Waals surface area (Å²) in [5.41, 5.74) is 0.950.